The molecule has 1 unspecified atom stereocenters. The van der Waals surface area contributed by atoms with Crippen LogP contribution in [0.25, 0.3) is 0 Å². The maximum Gasteiger partial charge on any atom is 0.166 e. The largest absolute Gasteiger partial charge is 0.300 e. The van der Waals surface area contributed by atoms with Crippen molar-refractivity contribution in [1.29, 1.82) is 0 Å². The SMILES string of the molecule is CC(=O)CC(C)C(=O)c1cc(C)ccc1C. The van der Waals surface area contributed by atoms with Crippen molar-refractivity contribution >= 4 is 11.6 Å². The minimum Gasteiger partial charge on any atom is -0.300 e. The molecule has 0 saturated heterocycles. The molecule has 0 aliphatic heterocycles. The molecule has 0 amide bonds. The highest BCUT2D eigenvalue weighted by Crippen LogP contribution is 2.17. The molecule has 0 bridgehead atoms. The number of carbonyl (C=O) groups is 2. The quantitative estimate of drug-likeness (QED) is 0.728. The molecule has 0 radical (unpaired) electrons. The lowest BCUT2D eigenvalue weighted by molar-refractivity contribution is -0.117. The maximum atomic E-state index is 12.1. The van der Waals surface area contributed by atoms with Gasteiger partial charge in [0.25, 0.3) is 0 Å². The fourth-order valence-electron chi connectivity index (χ4n) is 1.79. The molecule has 16 heavy (non-hydrogen) atoms. The molecule has 1 atom stereocenters. The number of benzene rings is 1. The summed E-state index contributed by atoms with van der Waals surface area (Å²) in [5.41, 5.74) is 2.80. The van der Waals surface area contributed by atoms with Gasteiger partial charge < -0.3 is 4.79 Å². The number of ketones is 2. The monoisotopic (exact) mass is 218 g/mol. The number of hydrogen-bond acceptors (Lipinski definition) is 2. The summed E-state index contributed by atoms with van der Waals surface area (Å²) in [5.74, 6) is -0.0967. The van der Waals surface area contributed by atoms with Crippen molar-refractivity contribution in [2.24, 2.45) is 5.92 Å². The van der Waals surface area contributed by atoms with Crippen LogP contribution in [0.4, 0.5) is 0 Å². The van der Waals surface area contributed by atoms with E-state index in [1.165, 1.54) is 6.92 Å². The summed E-state index contributed by atoms with van der Waals surface area (Å²) < 4.78 is 0. The molecule has 0 aromatic heterocycles. The van der Waals surface area contributed by atoms with Gasteiger partial charge in [-0.15, -0.1) is 0 Å². The van der Waals surface area contributed by atoms with Gasteiger partial charge in [0.05, 0.1) is 0 Å². The molecular formula is C14H18O2. The molecule has 1 aromatic carbocycles. The van der Waals surface area contributed by atoms with Gasteiger partial charge in [0.15, 0.2) is 5.78 Å². The Balaban J connectivity index is 2.95. The average molecular weight is 218 g/mol. The smallest absolute Gasteiger partial charge is 0.166 e. The summed E-state index contributed by atoms with van der Waals surface area (Å²) in [6, 6.07) is 5.83. The van der Waals surface area contributed by atoms with Gasteiger partial charge in [0.1, 0.15) is 5.78 Å². The van der Waals surface area contributed by atoms with Gasteiger partial charge in [-0.3, -0.25) is 4.79 Å². The molecule has 1 rings (SSSR count). The van der Waals surface area contributed by atoms with Gasteiger partial charge in [-0.2, -0.15) is 0 Å². The van der Waals surface area contributed by atoms with Gasteiger partial charge in [-0.25, -0.2) is 0 Å². The molecular weight excluding hydrogens is 200 g/mol. The van der Waals surface area contributed by atoms with Crippen molar-refractivity contribution in [3.63, 3.8) is 0 Å². The molecule has 2 heteroatoms. The average Bonchev–Trinajstić information content (AvgIpc) is 2.19. The molecule has 0 aliphatic rings. The van der Waals surface area contributed by atoms with Crippen LogP contribution in [0.2, 0.25) is 0 Å². The lowest BCUT2D eigenvalue weighted by Gasteiger charge is -2.11. The minimum atomic E-state index is -0.224. The van der Waals surface area contributed by atoms with Crippen molar-refractivity contribution in [1.82, 2.24) is 0 Å². The third-order valence-corrected chi connectivity index (χ3v) is 2.70. The van der Waals surface area contributed by atoms with E-state index in [1.807, 2.05) is 39.0 Å². The number of rotatable bonds is 4. The van der Waals surface area contributed by atoms with Crippen LogP contribution in [0.15, 0.2) is 18.2 Å². The standard InChI is InChI=1S/C14H18O2/c1-9-5-6-10(2)13(7-9)14(16)11(3)8-12(4)15/h5-7,11H,8H2,1-4H3. The van der Waals surface area contributed by atoms with Crippen LogP contribution < -0.4 is 0 Å². The first-order valence-corrected chi connectivity index (χ1v) is 5.52. The van der Waals surface area contributed by atoms with Gasteiger partial charge in [-0.05, 0) is 32.4 Å². The Bertz CT molecular complexity index is 419. The van der Waals surface area contributed by atoms with Gasteiger partial charge in [0.2, 0.25) is 0 Å². The second-order valence-corrected chi connectivity index (χ2v) is 4.49. The van der Waals surface area contributed by atoms with E-state index in [1.54, 1.807) is 0 Å². The van der Waals surface area contributed by atoms with Crippen LogP contribution in [0.3, 0.4) is 0 Å². The Kier molecular flexibility index (Phi) is 3.99. The molecule has 2 nitrogen and oxygen atoms in total. The lowest BCUT2D eigenvalue weighted by Crippen LogP contribution is -2.15. The highest BCUT2D eigenvalue weighted by molar-refractivity contribution is 6.00. The van der Waals surface area contributed by atoms with Gasteiger partial charge in [-0.1, -0.05) is 24.6 Å². The number of carbonyl (C=O) groups excluding carboxylic acids is 2. The minimum absolute atomic E-state index is 0.0613. The third kappa shape index (κ3) is 3.02. The summed E-state index contributed by atoms with van der Waals surface area (Å²) in [6.07, 6.45) is 0.326. The predicted octanol–water partition coefficient (Wildman–Crippen LogP) is 3.10. The van der Waals surface area contributed by atoms with Crippen molar-refractivity contribution in [2.45, 2.75) is 34.1 Å². The van der Waals surface area contributed by atoms with Gasteiger partial charge in [0, 0.05) is 17.9 Å². The molecule has 86 valence electrons. The summed E-state index contributed by atoms with van der Waals surface area (Å²) in [5, 5.41) is 0. The lowest BCUT2D eigenvalue weighted by atomic mass is 9.91. The van der Waals surface area contributed by atoms with Crippen LogP contribution in [-0.2, 0) is 4.79 Å². The van der Waals surface area contributed by atoms with Crippen LogP contribution in [0, 0.1) is 19.8 Å². The zero-order valence-corrected chi connectivity index (χ0v) is 10.3. The van der Waals surface area contributed by atoms with Crippen molar-refractivity contribution in [3.05, 3.63) is 34.9 Å². The second-order valence-electron chi connectivity index (χ2n) is 4.49. The highest BCUT2D eigenvalue weighted by atomic mass is 16.1. The first-order valence-electron chi connectivity index (χ1n) is 5.52. The molecule has 0 heterocycles. The summed E-state index contributed by atoms with van der Waals surface area (Å²) in [4.78, 5) is 23.1. The van der Waals surface area contributed by atoms with E-state index in [0.717, 1.165) is 16.7 Å². The van der Waals surface area contributed by atoms with E-state index in [0.29, 0.717) is 6.42 Å². The first-order chi connectivity index (χ1) is 7.41. The molecule has 0 spiro atoms. The zero-order valence-electron chi connectivity index (χ0n) is 10.3. The summed E-state index contributed by atoms with van der Waals surface area (Å²) in [6.45, 7) is 7.22. The van der Waals surface area contributed by atoms with E-state index in [-0.39, 0.29) is 17.5 Å². The molecule has 0 N–H and O–H groups in total. The summed E-state index contributed by atoms with van der Waals surface area (Å²) in [7, 11) is 0. The van der Waals surface area contributed by atoms with Crippen LogP contribution in [-0.4, -0.2) is 11.6 Å². The predicted molar refractivity (Wildman–Crippen MR) is 64.7 cm³/mol. The zero-order chi connectivity index (χ0) is 12.3. The normalized spacial score (nSPS) is 12.2. The van der Waals surface area contributed by atoms with E-state index >= 15 is 0 Å². The Morgan fingerprint density at radius 2 is 1.88 bits per heavy atom. The van der Waals surface area contributed by atoms with Crippen LogP contribution in [0.5, 0.6) is 0 Å². The summed E-state index contributed by atoms with van der Waals surface area (Å²) >= 11 is 0. The van der Waals surface area contributed by atoms with E-state index in [9.17, 15) is 9.59 Å². The van der Waals surface area contributed by atoms with E-state index in [4.69, 9.17) is 0 Å². The highest BCUT2D eigenvalue weighted by Gasteiger charge is 2.18. The second kappa shape index (κ2) is 5.06. The van der Waals surface area contributed by atoms with Crippen molar-refractivity contribution < 1.29 is 9.59 Å². The molecule has 0 saturated carbocycles. The fraction of sp³-hybridized carbons (Fsp3) is 0.429. The van der Waals surface area contributed by atoms with E-state index in [2.05, 4.69) is 0 Å². The Hall–Kier alpha value is -1.44. The van der Waals surface area contributed by atoms with Crippen molar-refractivity contribution in [3.8, 4) is 0 Å². The number of aryl methyl sites for hydroxylation is 2. The topological polar surface area (TPSA) is 34.1 Å². The Morgan fingerprint density at radius 1 is 1.25 bits per heavy atom. The van der Waals surface area contributed by atoms with Gasteiger partial charge >= 0.3 is 0 Å². The third-order valence-electron chi connectivity index (χ3n) is 2.70. The molecule has 0 fully saturated rings. The van der Waals surface area contributed by atoms with E-state index < -0.39 is 0 Å². The molecule has 0 aliphatic carbocycles. The Labute approximate surface area is 96.7 Å². The van der Waals surface area contributed by atoms with Crippen LogP contribution in [0.1, 0.15) is 41.8 Å². The number of hydrogen-bond donors (Lipinski definition) is 0. The van der Waals surface area contributed by atoms with Crippen LogP contribution >= 0.6 is 0 Å². The fourth-order valence-corrected chi connectivity index (χ4v) is 1.79. The molecule has 1 aromatic rings. The Morgan fingerprint density at radius 3 is 2.44 bits per heavy atom. The number of Topliss-reactive ketones (excluding diaryl/α,β-unsaturated/α-hetero) is 2. The maximum absolute atomic E-state index is 12.1. The first kappa shape index (κ1) is 12.6. The van der Waals surface area contributed by atoms with Crippen molar-refractivity contribution in [2.75, 3.05) is 0 Å².